The van der Waals surface area contributed by atoms with E-state index in [-0.39, 0.29) is 32.2 Å². The van der Waals surface area contributed by atoms with Crippen LogP contribution in [0.2, 0.25) is 0 Å². The van der Waals surface area contributed by atoms with Gasteiger partial charge in [0.05, 0.1) is 34.4 Å². The fraction of sp³-hybridized carbons (Fsp3) is 0.704. The molecule has 0 aliphatic heterocycles. The summed E-state index contributed by atoms with van der Waals surface area (Å²) >= 11 is 0. The molecule has 0 spiro atoms. The molecule has 0 fully saturated rings. The largest absolute Gasteiger partial charge is 0.477 e. The van der Waals surface area contributed by atoms with E-state index in [1.807, 2.05) is 21.1 Å². The molecule has 9 nitrogen and oxygen atoms in total. The molecule has 0 amide bonds. The Morgan fingerprint density at radius 3 is 1.06 bits per heavy atom. The Morgan fingerprint density at radius 2 is 0.713 bits per heavy atom. The number of unbranched alkanes of at least 4 members (excludes halogenated alkanes) is 26. The number of carboxylic acid groups (broad SMARTS) is 1. The standard InChI is InChI=1S/C71H121NO8/c1-6-8-10-12-14-16-18-20-22-24-26-28-30-32-33-34-35-36-37-38-40-42-44-46-48-50-52-54-56-58-60-62-69(74)80-67(66-79-71(70(75)76)77-64-63-72(3,4)5)65-78-68(73)61-59-57-55-53-51-49-47-45-43-41-39-31-29-27-25-23-21-19-17-15-13-11-9-7-2/h8,10,14,16,20,22,26,28,32-33,35-36,38,40,44,46,50,52,67,71H,6-7,9,11-13,15,17-19,21,23-25,27,29-31,34,37,39,41-43,45,47-49,51,53-66H2,1-5H3/p+1/b10-8-,16-14-,22-20-,28-26-,33-32-,36-35-,40-38-,46-44-,52-50-. The Kier molecular flexibility index (Phi) is 57.9. The first-order valence-corrected chi connectivity index (χ1v) is 32.6. The smallest absolute Gasteiger partial charge is 0.361 e. The van der Waals surface area contributed by atoms with Crippen LogP contribution in [0.3, 0.4) is 0 Å². The van der Waals surface area contributed by atoms with E-state index >= 15 is 0 Å². The van der Waals surface area contributed by atoms with Crippen molar-refractivity contribution in [2.75, 3.05) is 47.5 Å². The minimum absolute atomic E-state index is 0.176. The van der Waals surface area contributed by atoms with Gasteiger partial charge < -0.3 is 28.5 Å². The van der Waals surface area contributed by atoms with Crippen molar-refractivity contribution < 1.29 is 42.9 Å². The van der Waals surface area contributed by atoms with Crippen LogP contribution in [0.5, 0.6) is 0 Å². The zero-order valence-corrected chi connectivity index (χ0v) is 52.2. The lowest BCUT2D eigenvalue weighted by Crippen LogP contribution is -2.40. The van der Waals surface area contributed by atoms with Gasteiger partial charge in [0, 0.05) is 12.8 Å². The van der Waals surface area contributed by atoms with E-state index < -0.39 is 24.3 Å². The van der Waals surface area contributed by atoms with Gasteiger partial charge in [-0.05, 0) is 83.5 Å². The molecule has 9 heteroatoms. The highest BCUT2D eigenvalue weighted by molar-refractivity contribution is 5.71. The predicted octanol–water partition coefficient (Wildman–Crippen LogP) is 19.9. The molecule has 0 saturated heterocycles. The summed E-state index contributed by atoms with van der Waals surface area (Å²) in [5, 5.41) is 9.73. The van der Waals surface area contributed by atoms with Gasteiger partial charge >= 0.3 is 17.9 Å². The molecule has 2 unspecified atom stereocenters. The number of ether oxygens (including phenoxy) is 4. The molecule has 2 atom stereocenters. The van der Waals surface area contributed by atoms with Gasteiger partial charge in [-0.15, -0.1) is 0 Å². The van der Waals surface area contributed by atoms with Crippen molar-refractivity contribution >= 4 is 17.9 Å². The number of rotatable bonds is 59. The normalized spacial score (nSPS) is 13.5. The van der Waals surface area contributed by atoms with Gasteiger partial charge in [-0.3, -0.25) is 9.59 Å². The number of quaternary nitrogens is 1. The van der Waals surface area contributed by atoms with Gasteiger partial charge in [-0.2, -0.15) is 0 Å². The van der Waals surface area contributed by atoms with Gasteiger partial charge in [0.15, 0.2) is 6.10 Å². The van der Waals surface area contributed by atoms with Crippen molar-refractivity contribution in [1.82, 2.24) is 0 Å². The zero-order chi connectivity index (χ0) is 58.3. The predicted molar refractivity (Wildman–Crippen MR) is 341 cm³/mol. The molecule has 458 valence electrons. The van der Waals surface area contributed by atoms with Crippen LogP contribution >= 0.6 is 0 Å². The van der Waals surface area contributed by atoms with Crippen LogP contribution in [0, 0.1) is 0 Å². The molecular weight excluding hydrogens is 995 g/mol. The van der Waals surface area contributed by atoms with Crippen LogP contribution in [0.1, 0.15) is 264 Å². The first kappa shape index (κ1) is 76.0. The van der Waals surface area contributed by atoms with Crippen molar-refractivity contribution in [3.8, 4) is 0 Å². The van der Waals surface area contributed by atoms with E-state index in [0.29, 0.717) is 23.9 Å². The Balaban J connectivity index is 4.28. The molecule has 0 aromatic heterocycles. The maximum Gasteiger partial charge on any atom is 0.361 e. The average molecular weight is 1120 g/mol. The highest BCUT2D eigenvalue weighted by atomic mass is 16.7. The Bertz CT molecular complexity index is 1680. The summed E-state index contributed by atoms with van der Waals surface area (Å²) in [6.45, 7) is 4.74. The second kappa shape index (κ2) is 61.0. The monoisotopic (exact) mass is 1120 g/mol. The Labute approximate surface area is 492 Å². The summed E-state index contributed by atoms with van der Waals surface area (Å²) in [7, 11) is 5.96. The second-order valence-electron chi connectivity index (χ2n) is 22.7. The zero-order valence-electron chi connectivity index (χ0n) is 52.2. The molecule has 80 heavy (non-hydrogen) atoms. The second-order valence-corrected chi connectivity index (χ2v) is 22.7. The highest BCUT2D eigenvalue weighted by Crippen LogP contribution is 2.17. The van der Waals surface area contributed by atoms with Crippen molar-refractivity contribution in [2.24, 2.45) is 0 Å². The number of hydrogen-bond acceptors (Lipinski definition) is 7. The summed E-state index contributed by atoms with van der Waals surface area (Å²) in [5.74, 6) is -2.05. The molecule has 0 aliphatic rings. The summed E-state index contributed by atoms with van der Waals surface area (Å²) in [6, 6.07) is 0. The van der Waals surface area contributed by atoms with Gasteiger partial charge in [0.25, 0.3) is 6.29 Å². The molecule has 1 N–H and O–H groups in total. The number of aliphatic carboxylic acids is 1. The van der Waals surface area contributed by atoms with Gasteiger partial charge in [-0.1, -0.05) is 277 Å². The lowest BCUT2D eigenvalue weighted by atomic mass is 10.0. The lowest BCUT2D eigenvalue weighted by Gasteiger charge is -2.25. The quantitative estimate of drug-likeness (QED) is 0.0211. The van der Waals surface area contributed by atoms with Crippen LogP contribution < -0.4 is 0 Å². The van der Waals surface area contributed by atoms with Gasteiger partial charge in [-0.25, -0.2) is 4.79 Å². The van der Waals surface area contributed by atoms with Crippen molar-refractivity contribution in [3.63, 3.8) is 0 Å². The van der Waals surface area contributed by atoms with E-state index in [1.165, 1.54) is 135 Å². The summed E-state index contributed by atoms with van der Waals surface area (Å²) < 4.78 is 22.9. The number of carbonyl (C=O) groups excluding carboxylic acids is 2. The third-order valence-electron chi connectivity index (χ3n) is 13.8. The molecule has 0 rings (SSSR count). The maximum absolute atomic E-state index is 12.9. The van der Waals surface area contributed by atoms with Crippen molar-refractivity contribution in [1.29, 1.82) is 0 Å². The topological polar surface area (TPSA) is 108 Å². The third kappa shape index (κ3) is 61.6. The molecule has 0 radical (unpaired) electrons. The first-order chi connectivity index (χ1) is 39.1. The number of hydrogen-bond donors (Lipinski definition) is 1. The van der Waals surface area contributed by atoms with Crippen LogP contribution in [0.4, 0.5) is 0 Å². The van der Waals surface area contributed by atoms with E-state index in [2.05, 4.69) is 123 Å². The fourth-order valence-electron chi connectivity index (χ4n) is 8.83. The van der Waals surface area contributed by atoms with Crippen LogP contribution in [0.15, 0.2) is 109 Å². The SMILES string of the molecule is CC/C=C\C/C=C\C/C=C\C/C=C\C/C=C\C/C=C\C/C=C\C/C=C\C/C=C\CCCCCC(=O)OC(COC(=O)CCCCCCCCCCCCCCCCCCCCCCCCCC)COC(OCC[N+](C)(C)C)C(=O)O. The maximum atomic E-state index is 12.9. The Hall–Kier alpha value is -4.05. The Morgan fingerprint density at radius 1 is 0.388 bits per heavy atom. The summed E-state index contributed by atoms with van der Waals surface area (Å²) in [5.41, 5.74) is 0. The third-order valence-corrected chi connectivity index (χ3v) is 13.8. The van der Waals surface area contributed by atoms with Gasteiger partial charge in [0.2, 0.25) is 0 Å². The van der Waals surface area contributed by atoms with Crippen LogP contribution in [0.25, 0.3) is 0 Å². The van der Waals surface area contributed by atoms with E-state index in [1.54, 1.807) is 0 Å². The minimum Gasteiger partial charge on any atom is -0.477 e. The number of likely N-dealkylation sites (N-methyl/N-ethyl adjacent to an activating group) is 1. The number of esters is 2. The molecule has 0 aliphatic carbocycles. The summed E-state index contributed by atoms with van der Waals surface area (Å²) in [6.07, 6.45) is 81.9. The number of nitrogens with zero attached hydrogens (tertiary/aromatic N) is 1. The van der Waals surface area contributed by atoms with E-state index in [0.717, 1.165) is 96.3 Å². The number of carboxylic acids is 1. The number of carbonyl (C=O) groups is 3. The highest BCUT2D eigenvalue weighted by Gasteiger charge is 2.25. The summed E-state index contributed by atoms with van der Waals surface area (Å²) in [4.78, 5) is 37.5. The van der Waals surface area contributed by atoms with E-state index in [9.17, 15) is 19.5 Å². The van der Waals surface area contributed by atoms with E-state index in [4.69, 9.17) is 18.9 Å². The van der Waals surface area contributed by atoms with Crippen molar-refractivity contribution in [3.05, 3.63) is 109 Å². The molecule has 0 heterocycles. The van der Waals surface area contributed by atoms with Crippen LogP contribution in [-0.4, -0.2) is 87.4 Å². The first-order valence-electron chi connectivity index (χ1n) is 32.6. The lowest BCUT2D eigenvalue weighted by molar-refractivity contribution is -0.870. The average Bonchev–Trinajstić information content (AvgIpc) is 3.43. The molecule has 0 aromatic carbocycles. The number of allylic oxidation sites excluding steroid dienone is 18. The molecule has 0 aromatic rings. The molecule has 0 saturated carbocycles. The van der Waals surface area contributed by atoms with Crippen LogP contribution in [-0.2, 0) is 33.3 Å². The van der Waals surface area contributed by atoms with Gasteiger partial charge in [0.1, 0.15) is 13.2 Å². The minimum atomic E-state index is -1.53. The molecular formula is C71H122NO8+. The molecule has 0 bridgehead atoms. The van der Waals surface area contributed by atoms with Crippen molar-refractivity contribution in [2.45, 2.75) is 277 Å². The fourth-order valence-corrected chi connectivity index (χ4v) is 8.83.